The summed E-state index contributed by atoms with van der Waals surface area (Å²) in [4.78, 5) is 1.49. The van der Waals surface area contributed by atoms with Gasteiger partial charge in [-0.05, 0) is 23.9 Å². The maximum atomic E-state index is 5.14. The van der Waals surface area contributed by atoms with E-state index in [4.69, 9.17) is 4.74 Å². The molecule has 0 N–H and O–H groups in total. The SMILES string of the molecule is Cc1ccsc1CC1CO1. The fourth-order valence-electron chi connectivity index (χ4n) is 1.01. The van der Waals surface area contributed by atoms with E-state index in [0.29, 0.717) is 6.10 Å². The Bertz CT molecular complexity index is 225. The second kappa shape index (κ2) is 2.36. The van der Waals surface area contributed by atoms with Crippen LogP contribution in [0.3, 0.4) is 0 Å². The van der Waals surface area contributed by atoms with E-state index in [0.717, 1.165) is 13.0 Å². The molecular weight excluding hydrogens is 144 g/mol. The molecule has 0 aromatic carbocycles. The second-order valence-electron chi connectivity index (χ2n) is 2.69. The molecular formula is C8H10OS. The van der Waals surface area contributed by atoms with Crippen LogP contribution in [0.4, 0.5) is 0 Å². The molecule has 0 saturated carbocycles. The Balaban J connectivity index is 2.08. The lowest BCUT2D eigenvalue weighted by atomic mass is 10.2. The highest BCUT2D eigenvalue weighted by Crippen LogP contribution is 2.22. The molecule has 1 atom stereocenters. The summed E-state index contributed by atoms with van der Waals surface area (Å²) in [6.45, 7) is 3.13. The van der Waals surface area contributed by atoms with E-state index in [1.807, 2.05) is 11.3 Å². The smallest absolute Gasteiger partial charge is 0.0858 e. The Hall–Kier alpha value is -0.340. The molecule has 2 heterocycles. The van der Waals surface area contributed by atoms with Gasteiger partial charge in [0.05, 0.1) is 12.7 Å². The van der Waals surface area contributed by atoms with Gasteiger partial charge in [0.15, 0.2) is 0 Å². The van der Waals surface area contributed by atoms with Crippen molar-refractivity contribution in [2.24, 2.45) is 0 Å². The lowest BCUT2D eigenvalue weighted by molar-refractivity contribution is 0.408. The van der Waals surface area contributed by atoms with Crippen molar-refractivity contribution in [1.82, 2.24) is 0 Å². The highest BCUT2D eigenvalue weighted by Gasteiger charge is 2.23. The number of hydrogen-bond acceptors (Lipinski definition) is 2. The van der Waals surface area contributed by atoms with Crippen molar-refractivity contribution in [3.8, 4) is 0 Å². The van der Waals surface area contributed by atoms with Crippen LogP contribution in [0.25, 0.3) is 0 Å². The van der Waals surface area contributed by atoms with Gasteiger partial charge in [0.25, 0.3) is 0 Å². The van der Waals surface area contributed by atoms with Crippen molar-refractivity contribution in [3.05, 3.63) is 21.9 Å². The Morgan fingerprint density at radius 3 is 3.10 bits per heavy atom. The molecule has 0 bridgehead atoms. The van der Waals surface area contributed by atoms with Crippen LogP contribution in [0.1, 0.15) is 10.4 Å². The first kappa shape index (κ1) is 6.38. The molecule has 2 heteroatoms. The van der Waals surface area contributed by atoms with E-state index < -0.39 is 0 Å². The molecule has 1 aliphatic heterocycles. The van der Waals surface area contributed by atoms with Crippen molar-refractivity contribution < 1.29 is 4.74 Å². The Kier molecular flexibility index (Phi) is 1.51. The zero-order valence-corrected chi connectivity index (χ0v) is 6.78. The highest BCUT2D eigenvalue weighted by atomic mass is 32.1. The predicted molar refractivity (Wildman–Crippen MR) is 42.5 cm³/mol. The molecule has 0 amide bonds. The molecule has 0 radical (unpaired) electrons. The van der Waals surface area contributed by atoms with Gasteiger partial charge in [0, 0.05) is 11.3 Å². The topological polar surface area (TPSA) is 12.5 Å². The van der Waals surface area contributed by atoms with Gasteiger partial charge in [-0.2, -0.15) is 0 Å². The summed E-state index contributed by atoms with van der Waals surface area (Å²) in [7, 11) is 0. The molecule has 2 rings (SSSR count). The number of ether oxygens (including phenoxy) is 1. The first-order valence-corrected chi connectivity index (χ1v) is 4.39. The summed E-state index contributed by atoms with van der Waals surface area (Å²) in [6.07, 6.45) is 1.67. The van der Waals surface area contributed by atoms with Crippen LogP contribution in [0.2, 0.25) is 0 Å². The van der Waals surface area contributed by atoms with Crippen LogP contribution in [0.5, 0.6) is 0 Å². The van der Waals surface area contributed by atoms with Crippen LogP contribution in [-0.2, 0) is 11.2 Å². The first-order valence-electron chi connectivity index (χ1n) is 3.51. The van der Waals surface area contributed by atoms with Gasteiger partial charge in [-0.3, -0.25) is 0 Å². The van der Waals surface area contributed by atoms with E-state index in [1.165, 1.54) is 10.4 Å². The van der Waals surface area contributed by atoms with Gasteiger partial charge < -0.3 is 4.74 Å². The molecule has 54 valence electrons. The van der Waals surface area contributed by atoms with E-state index in [1.54, 1.807) is 0 Å². The van der Waals surface area contributed by atoms with E-state index in [-0.39, 0.29) is 0 Å². The van der Waals surface area contributed by atoms with Crippen LogP contribution in [0, 0.1) is 6.92 Å². The van der Waals surface area contributed by atoms with Crippen LogP contribution in [-0.4, -0.2) is 12.7 Å². The minimum absolute atomic E-state index is 0.539. The molecule has 0 spiro atoms. The Morgan fingerprint density at radius 2 is 2.60 bits per heavy atom. The third-order valence-corrected chi connectivity index (χ3v) is 2.83. The minimum atomic E-state index is 0.539. The summed E-state index contributed by atoms with van der Waals surface area (Å²) in [5.74, 6) is 0. The van der Waals surface area contributed by atoms with Crippen molar-refractivity contribution in [3.63, 3.8) is 0 Å². The van der Waals surface area contributed by atoms with E-state index >= 15 is 0 Å². The first-order chi connectivity index (χ1) is 4.86. The largest absolute Gasteiger partial charge is 0.373 e. The summed E-state index contributed by atoms with van der Waals surface area (Å²) in [5.41, 5.74) is 1.42. The predicted octanol–water partition coefficient (Wildman–Crippen LogP) is 2.00. The third-order valence-electron chi connectivity index (χ3n) is 1.78. The van der Waals surface area contributed by atoms with Gasteiger partial charge in [0.1, 0.15) is 0 Å². The third kappa shape index (κ3) is 1.22. The highest BCUT2D eigenvalue weighted by molar-refractivity contribution is 7.10. The van der Waals surface area contributed by atoms with Crippen molar-refractivity contribution in [1.29, 1.82) is 0 Å². The Morgan fingerprint density at radius 1 is 1.80 bits per heavy atom. The van der Waals surface area contributed by atoms with Gasteiger partial charge in [0.2, 0.25) is 0 Å². The fourth-order valence-corrected chi connectivity index (χ4v) is 1.98. The normalized spacial score (nSPS) is 23.1. The molecule has 0 aliphatic carbocycles. The Labute approximate surface area is 64.6 Å². The monoisotopic (exact) mass is 154 g/mol. The molecule has 1 fully saturated rings. The summed E-state index contributed by atoms with van der Waals surface area (Å²) < 4.78 is 5.14. The van der Waals surface area contributed by atoms with E-state index in [9.17, 15) is 0 Å². The maximum absolute atomic E-state index is 5.14. The average Bonchev–Trinajstić information content (AvgIpc) is 2.62. The maximum Gasteiger partial charge on any atom is 0.0858 e. The average molecular weight is 154 g/mol. The lowest BCUT2D eigenvalue weighted by Crippen LogP contribution is -1.90. The number of rotatable bonds is 2. The number of aryl methyl sites for hydroxylation is 1. The van der Waals surface area contributed by atoms with Gasteiger partial charge in [-0.15, -0.1) is 11.3 Å². The standard InChI is InChI=1S/C8H10OS/c1-6-2-3-10-8(6)4-7-5-9-7/h2-3,7H,4-5H2,1H3. The van der Waals surface area contributed by atoms with Crippen molar-refractivity contribution in [2.45, 2.75) is 19.4 Å². The fraction of sp³-hybridized carbons (Fsp3) is 0.500. The number of hydrogen-bond donors (Lipinski definition) is 0. The van der Waals surface area contributed by atoms with Crippen LogP contribution >= 0.6 is 11.3 Å². The molecule has 1 nitrogen and oxygen atoms in total. The van der Waals surface area contributed by atoms with Gasteiger partial charge in [-0.25, -0.2) is 0 Å². The summed E-state index contributed by atoms with van der Waals surface area (Å²) in [6, 6.07) is 2.17. The molecule has 1 aromatic rings. The van der Waals surface area contributed by atoms with Crippen molar-refractivity contribution >= 4 is 11.3 Å². The molecule has 1 aromatic heterocycles. The van der Waals surface area contributed by atoms with Gasteiger partial charge in [-0.1, -0.05) is 0 Å². The van der Waals surface area contributed by atoms with Crippen LogP contribution < -0.4 is 0 Å². The zero-order valence-electron chi connectivity index (χ0n) is 5.96. The quantitative estimate of drug-likeness (QED) is 0.593. The van der Waals surface area contributed by atoms with E-state index in [2.05, 4.69) is 18.4 Å². The molecule has 1 aliphatic rings. The van der Waals surface area contributed by atoms with Crippen LogP contribution in [0.15, 0.2) is 11.4 Å². The molecule has 10 heavy (non-hydrogen) atoms. The summed E-state index contributed by atoms with van der Waals surface area (Å²) >= 11 is 1.84. The van der Waals surface area contributed by atoms with Crippen molar-refractivity contribution in [2.75, 3.05) is 6.61 Å². The zero-order chi connectivity index (χ0) is 6.97. The number of thiophene rings is 1. The molecule has 1 unspecified atom stereocenters. The summed E-state index contributed by atoms with van der Waals surface area (Å²) in [5, 5.41) is 2.15. The van der Waals surface area contributed by atoms with Gasteiger partial charge >= 0.3 is 0 Å². The number of epoxide rings is 1. The second-order valence-corrected chi connectivity index (χ2v) is 3.69. The lowest BCUT2D eigenvalue weighted by Gasteiger charge is -1.92. The molecule has 1 saturated heterocycles. The minimum Gasteiger partial charge on any atom is -0.373 e.